The minimum atomic E-state index is -1.19. The third-order valence-electron chi connectivity index (χ3n) is 5.36. The summed E-state index contributed by atoms with van der Waals surface area (Å²) in [6.07, 6.45) is 0.946. The molecule has 0 bridgehead atoms. The van der Waals surface area contributed by atoms with E-state index in [0.717, 1.165) is 10.5 Å². The van der Waals surface area contributed by atoms with Gasteiger partial charge in [-0.25, -0.2) is 9.18 Å². The molecular formula is C21H19ClFN3O3. The van der Waals surface area contributed by atoms with Crippen molar-refractivity contribution in [1.82, 2.24) is 15.1 Å². The van der Waals surface area contributed by atoms with Crippen LogP contribution >= 0.6 is 11.6 Å². The molecule has 2 saturated heterocycles. The van der Waals surface area contributed by atoms with E-state index < -0.39 is 23.3 Å². The number of amides is 4. The molecule has 0 unspecified atom stereocenters. The molecule has 0 saturated carbocycles. The highest BCUT2D eigenvalue weighted by Crippen LogP contribution is 2.30. The van der Waals surface area contributed by atoms with Gasteiger partial charge in [-0.1, -0.05) is 35.9 Å². The number of benzene rings is 2. The van der Waals surface area contributed by atoms with E-state index in [1.165, 1.54) is 23.1 Å². The Morgan fingerprint density at radius 3 is 2.72 bits per heavy atom. The summed E-state index contributed by atoms with van der Waals surface area (Å²) in [5.74, 6) is -1.48. The second-order valence-electron chi connectivity index (χ2n) is 7.34. The number of imide groups is 1. The number of urea groups is 1. The standard InChI is InChI=1S/C21H19ClFN3O3/c22-15-6-3-5-14(11-15)12-26-19(28)21(24-20(26)29)9-4-10-25(13-21)18(27)16-7-1-2-8-17(16)23/h1-3,5-8,11H,4,9-10,12-13H2,(H,24,29)/t21-/m0/s1. The van der Waals surface area contributed by atoms with Gasteiger partial charge in [-0.05, 0) is 42.7 Å². The summed E-state index contributed by atoms with van der Waals surface area (Å²) in [6, 6.07) is 12.2. The first kappa shape index (κ1) is 19.4. The predicted octanol–water partition coefficient (Wildman–Crippen LogP) is 3.21. The van der Waals surface area contributed by atoms with E-state index in [0.29, 0.717) is 24.4 Å². The van der Waals surface area contributed by atoms with Crippen LogP contribution in [0.25, 0.3) is 0 Å². The highest BCUT2D eigenvalue weighted by molar-refractivity contribution is 6.30. The molecule has 2 aromatic rings. The Kier molecular flexibility index (Phi) is 5.00. The Morgan fingerprint density at radius 1 is 1.17 bits per heavy atom. The van der Waals surface area contributed by atoms with E-state index in [4.69, 9.17) is 11.6 Å². The van der Waals surface area contributed by atoms with Crippen molar-refractivity contribution in [2.24, 2.45) is 0 Å². The maximum absolute atomic E-state index is 14.0. The molecule has 2 fully saturated rings. The molecule has 8 heteroatoms. The fraction of sp³-hybridized carbons (Fsp3) is 0.286. The minimum absolute atomic E-state index is 0.0107. The van der Waals surface area contributed by atoms with Crippen LogP contribution in [0.1, 0.15) is 28.8 Å². The Morgan fingerprint density at radius 2 is 1.97 bits per heavy atom. The molecule has 2 aliphatic heterocycles. The lowest BCUT2D eigenvalue weighted by Gasteiger charge is -2.38. The number of likely N-dealkylation sites (tertiary alicyclic amines) is 1. The van der Waals surface area contributed by atoms with Gasteiger partial charge in [0.05, 0.1) is 18.7 Å². The number of rotatable bonds is 3. The number of piperidine rings is 1. The number of hydrogen-bond acceptors (Lipinski definition) is 3. The molecule has 1 N–H and O–H groups in total. The molecule has 4 rings (SSSR count). The number of halogens is 2. The van der Waals surface area contributed by atoms with Crippen LogP contribution in [-0.4, -0.2) is 46.3 Å². The molecule has 2 heterocycles. The fourth-order valence-corrected chi connectivity index (χ4v) is 4.16. The summed E-state index contributed by atoms with van der Waals surface area (Å²) in [4.78, 5) is 41.1. The van der Waals surface area contributed by atoms with Crippen LogP contribution in [0.5, 0.6) is 0 Å². The number of nitrogens with zero attached hydrogens (tertiary/aromatic N) is 2. The molecule has 1 spiro atoms. The zero-order chi connectivity index (χ0) is 20.6. The van der Waals surface area contributed by atoms with Crippen LogP contribution in [0.4, 0.5) is 9.18 Å². The summed E-state index contributed by atoms with van der Waals surface area (Å²) in [5.41, 5.74) is -0.500. The summed E-state index contributed by atoms with van der Waals surface area (Å²) in [5, 5.41) is 3.29. The van der Waals surface area contributed by atoms with Crippen LogP contribution in [-0.2, 0) is 11.3 Å². The summed E-state index contributed by atoms with van der Waals surface area (Å²) in [7, 11) is 0. The third kappa shape index (κ3) is 3.58. The average Bonchev–Trinajstić information content (AvgIpc) is 2.92. The smallest absolute Gasteiger partial charge is 0.325 e. The normalized spacial score (nSPS) is 21.6. The number of carbonyl (C=O) groups is 3. The quantitative estimate of drug-likeness (QED) is 0.782. The Hall–Kier alpha value is -2.93. The van der Waals surface area contributed by atoms with Crippen molar-refractivity contribution in [2.45, 2.75) is 24.9 Å². The van der Waals surface area contributed by atoms with Gasteiger partial charge in [-0.15, -0.1) is 0 Å². The summed E-state index contributed by atoms with van der Waals surface area (Å²) < 4.78 is 14.0. The van der Waals surface area contributed by atoms with Gasteiger partial charge < -0.3 is 10.2 Å². The van der Waals surface area contributed by atoms with E-state index in [-0.39, 0.29) is 24.6 Å². The number of carbonyl (C=O) groups excluding carboxylic acids is 3. The largest absolute Gasteiger partial charge is 0.336 e. The van der Waals surface area contributed by atoms with Gasteiger partial charge >= 0.3 is 6.03 Å². The van der Waals surface area contributed by atoms with Crippen molar-refractivity contribution in [3.63, 3.8) is 0 Å². The average molecular weight is 416 g/mol. The van der Waals surface area contributed by atoms with Crippen molar-refractivity contribution in [1.29, 1.82) is 0 Å². The van der Waals surface area contributed by atoms with Crippen molar-refractivity contribution >= 4 is 29.4 Å². The van der Waals surface area contributed by atoms with Crippen LogP contribution in [0, 0.1) is 5.82 Å². The molecule has 0 radical (unpaired) electrons. The van der Waals surface area contributed by atoms with Gasteiger partial charge in [0.25, 0.3) is 11.8 Å². The van der Waals surface area contributed by atoms with Crippen LogP contribution in [0.2, 0.25) is 5.02 Å². The van der Waals surface area contributed by atoms with Gasteiger partial charge in [0, 0.05) is 11.6 Å². The molecule has 1 atom stereocenters. The second kappa shape index (κ2) is 7.48. The number of nitrogens with one attached hydrogen (secondary N) is 1. The summed E-state index contributed by atoms with van der Waals surface area (Å²) in [6.45, 7) is 0.497. The van der Waals surface area contributed by atoms with Gasteiger partial charge in [0.2, 0.25) is 0 Å². The molecule has 29 heavy (non-hydrogen) atoms. The molecular weight excluding hydrogens is 397 g/mol. The van der Waals surface area contributed by atoms with E-state index in [2.05, 4.69) is 5.32 Å². The van der Waals surface area contributed by atoms with E-state index in [9.17, 15) is 18.8 Å². The highest BCUT2D eigenvalue weighted by atomic mass is 35.5. The number of hydrogen-bond donors (Lipinski definition) is 1. The van der Waals surface area contributed by atoms with Crippen molar-refractivity contribution in [3.05, 3.63) is 70.5 Å². The van der Waals surface area contributed by atoms with Gasteiger partial charge in [-0.2, -0.15) is 0 Å². The SMILES string of the molecule is O=C(c1ccccc1F)N1CCC[C@@]2(C1)NC(=O)N(Cc1cccc(Cl)c1)C2=O. The van der Waals surface area contributed by atoms with Crippen molar-refractivity contribution in [2.75, 3.05) is 13.1 Å². The second-order valence-corrected chi connectivity index (χ2v) is 7.78. The maximum atomic E-state index is 14.0. The van der Waals surface area contributed by atoms with Gasteiger partial charge in [0.15, 0.2) is 0 Å². The highest BCUT2D eigenvalue weighted by Gasteiger charge is 2.53. The van der Waals surface area contributed by atoms with Crippen molar-refractivity contribution < 1.29 is 18.8 Å². The molecule has 150 valence electrons. The van der Waals surface area contributed by atoms with Crippen LogP contribution in [0.15, 0.2) is 48.5 Å². The molecule has 2 aliphatic rings. The summed E-state index contributed by atoms with van der Waals surface area (Å²) >= 11 is 5.99. The monoisotopic (exact) mass is 415 g/mol. The molecule has 6 nitrogen and oxygen atoms in total. The van der Waals surface area contributed by atoms with Gasteiger partial charge in [-0.3, -0.25) is 14.5 Å². The zero-order valence-electron chi connectivity index (χ0n) is 15.5. The molecule has 0 aromatic heterocycles. The predicted molar refractivity (Wildman–Crippen MR) is 105 cm³/mol. The van der Waals surface area contributed by atoms with E-state index in [1.54, 1.807) is 30.3 Å². The first-order valence-electron chi connectivity index (χ1n) is 9.32. The Labute approximate surface area is 172 Å². The lowest BCUT2D eigenvalue weighted by atomic mass is 9.88. The topological polar surface area (TPSA) is 69.7 Å². The first-order chi connectivity index (χ1) is 13.9. The molecule has 2 aromatic carbocycles. The molecule has 0 aliphatic carbocycles. The lowest BCUT2D eigenvalue weighted by Crippen LogP contribution is -2.59. The fourth-order valence-electron chi connectivity index (χ4n) is 3.95. The minimum Gasteiger partial charge on any atom is -0.336 e. The van der Waals surface area contributed by atoms with E-state index in [1.807, 2.05) is 0 Å². The first-order valence-corrected chi connectivity index (χ1v) is 9.70. The van der Waals surface area contributed by atoms with Crippen molar-refractivity contribution in [3.8, 4) is 0 Å². The zero-order valence-corrected chi connectivity index (χ0v) is 16.3. The molecule has 4 amide bonds. The Bertz CT molecular complexity index is 999. The Balaban J connectivity index is 1.55. The van der Waals surface area contributed by atoms with Gasteiger partial charge in [0.1, 0.15) is 11.4 Å². The third-order valence-corrected chi connectivity index (χ3v) is 5.59. The van der Waals surface area contributed by atoms with Crippen LogP contribution in [0.3, 0.4) is 0 Å². The van der Waals surface area contributed by atoms with E-state index >= 15 is 0 Å². The van der Waals surface area contributed by atoms with Crippen LogP contribution < -0.4 is 5.32 Å². The maximum Gasteiger partial charge on any atom is 0.325 e. The lowest BCUT2D eigenvalue weighted by molar-refractivity contribution is -0.133.